The van der Waals surface area contributed by atoms with Crippen molar-refractivity contribution in [3.05, 3.63) is 53.2 Å². The molecule has 4 rings (SSSR count). The molecule has 0 radical (unpaired) electrons. The van der Waals surface area contributed by atoms with E-state index in [1.165, 1.54) is 43.5 Å². The first-order valence-corrected chi connectivity index (χ1v) is 9.49. The van der Waals surface area contributed by atoms with Gasteiger partial charge in [0.25, 0.3) is 0 Å². The van der Waals surface area contributed by atoms with Crippen molar-refractivity contribution in [2.75, 3.05) is 18.4 Å². The number of nitrogens with one attached hydrogen (secondary N) is 1. The molecule has 2 aromatic heterocycles. The molecule has 1 fully saturated rings. The summed E-state index contributed by atoms with van der Waals surface area (Å²) >= 11 is 1.65. The molecule has 1 saturated heterocycles. The van der Waals surface area contributed by atoms with Crippen LogP contribution in [0, 0.1) is 0 Å². The van der Waals surface area contributed by atoms with Crippen molar-refractivity contribution < 1.29 is 0 Å². The van der Waals surface area contributed by atoms with E-state index in [1.54, 1.807) is 17.7 Å². The van der Waals surface area contributed by atoms with Crippen molar-refractivity contribution in [3.8, 4) is 0 Å². The molecule has 0 bridgehead atoms. The van der Waals surface area contributed by atoms with E-state index in [4.69, 9.17) is 0 Å². The molecule has 0 unspecified atom stereocenters. The predicted octanol–water partition coefficient (Wildman–Crippen LogP) is 4.29. The van der Waals surface area contributed by atoms with Gasteiger partial charge in [0, 0.05) is 13.1 Å². The highest BCUT2D eigenvalue weighted by atomic mass is 32.1. The standard InChI is InChI=1S/C19H22N4S/c1-4-9-23(10-5-1)13-16-7-3-2-6-15(16)12-20-18-17-8-11-24-19(17)22-14-21-18/h2-3,6-8,11,14H,1,4-5,9-10,12-13H2,(H,20,21,22). The predicted molar refractivity (Wildman–Crippen MR) is 100 cm³/mol. The summed E-state index contributed by atoms with van der Waals surface area (Å²) in [7, 11) is 0. The van der Waals surface area contributed by atoms with E-state index in [2.05, 4.69) is 55.9 Å². The second-order valence-corrected chi connectivity index (χ2v) is 7.22. The van der Waals surface area contributed by atoms with Crippen LogP contribution in [0.1, 0.15) is 30.4 Å². The largest absolute Gasteiger partial charge is 0.365 e. The maximum atomic E-state index is 4.41. The van der Waals surface area contributed by atoms with Gasteiger partial charge in [0.1, 0.15) is 17.0 Å². The Hall–Kier alpha value is -1.98. The summed E-state index contributed by atoms with van der Waals surface area (Å²) in [5, 5.41) is 6.68. The number of aromatic nitrogens is 2. The zero-order chi connectivity index (χ0) is 16.2. The number of hydrogen-bond acceptors (Lipinski definition) is 5. The Morgan fingerprint density at radius 1 is 1.00 bits per heavy atom. The summed E-state index contributed by atoms with van der Waals surface area (Å²) in [6, 6.07) is 10.8. The van der Waals surface area contributed by atoms with Crippen molar-refractivity contribution >= 4 is 27.4 Å². The van der Waals surface area contributed by atoms with Crippen LogP contribution < -0.4 is 5.32 Å². The Balaban J connectivity index is 1.49. The number of nitrogens with zero attached hydrogens (tertiary/aromatic N) is 3. The van der Waals surface area contributed by atoms with Gasteiger partial charge in [0.05, 0.1) is 5.39 Å². The van der Waals surface area contributed by atoms with E-state index in [1.807, 2.05) is 0 Å². The molecule has 0 spiro atoms. The summed E-state index contributed by atoms with van der Waals surface area (Å²) in [5.41, 5.74) is 2.77. The zero-order valence-electron chi connectivity index (χ0n) is 13.7. The summed E-state index contributed by atoms with van der Waals surface area (Å²) in [6.07, 6.45) is 5.68. The molecule has 124 valence electrons. The van der Waals surface area contributed by atoms with Crippen LogP contribution in [0.25, 0.3) is 10.2 Å². The Morgan fingerprint density at radius 3 is 2.71 bits per heavy atom. The highest BCUT2D eigenvalue weighted by molar-refractivity contribution is 7.16. The first-order chi connectivity index (χ1) is 11.9. The first-order valence-electron chi connectivity index (χ1n) is 8.61. The molecule has 1 aliphatic rings. The monoisotopic (exact) mass is 338 g/mol. The highest BCUT2D eigenvalue weighted by Gasteiger charge is 2.12. The zero-order valence-corrected chi connectivity index (χ0v) is 14.6. The lowest BCUT2D eigenvalue weighted by Crippen LogP contribution is -2.29. The van der Waals surface area contributed by atoms with E-state index in [0.29, 0.717) is 0 Å². The van der Waals surface area contributed by atoms with Crippen LogP contribution in [0.3, 0.4) is 0 Å². The van der Waals surface area contributed by atoms with Crippen LogP contribution in [-0.4, -0.2) is 28.0 Å². The van der Waals surface area contributed by atoms with Gasteiger partial charge in [-0.3, -0.25) is 4.90 Å². The minimum absolute atomic E-state index is 0.798. The molecule has 1 N–H and O–H groups in total. The van der Waals surface area contributed by atoms with Crippen molar-refractivity contribution in [1.29, 1.82) is 0 Å². The smallest absolute Gasteiger partial charge is 0.138 e. The Labute approximate surface area is 146 Å². The van der Waals surface area contributed by atoms with E-state index in [0.717, 1.165) is 29.1 Å². The fourth-order valence-corrected chi connectivity index (χ4v) is 4.09. The Morgan fingerprint density at radius 2 is 1.83 bits per heavy atom. The van der Waals surface area contributed by atoms with Crippen LogP contribution >= 0.6 is 11.3 Å². The quantitative estimate of drug-likeness (QED) is 0.753. The fourth-order valence-electron chi connectivity index (χ4n) is 3.35. The molecule has 1 aliphatic heterocycles. The van der Waals surface area contributed by atoms with Gasteiger partial charge >= 0.3 is 0 Å². The number of fused-ring (bicyclic) bond motifs is 1. The minimum Gasteiger partial charge on any atom is -0.365 e. The van der Waals surface area contributed by atoms with Crippen molar-refractivity contribution in [3.63, 3.8) is 0 Å². The second-order valence-electron chi connectivity index (χ2n) is 6.32. The topological polar surface area (TPSA) is 41.0 Å². The summed E-state index contributed by atoms with van der Waals surface area (Å²) in [6.45, 7) is 4.30. The fraction of sp³-hybridized carbons (Fsp3) is 0.368. The van der Waals surface area contributed by atoms with E-state index in [9.17, 15) is 0 Å². The molecule has 1 aromatic carbocycles. The highest BCUT2D eigenvalue weighted by Crippen LogP contribution is 2.24. The van der Waals surface area contributed by atoms with Crippen molar-refractivity contribution in [2.24, 2.45) is 0 Å². The van der Waals surface area contributed by atoms with Gasteiger partial charge in [0.15, 0.2) is 0 Å². The molecule has 0 amide bonds. The second kappa shape index (κ2) is 7.28. The maximum Gasteiger partial charge on any atom is 0.138 e. The normalized spacial score (nSPS) is 15.7. The van der Waals surface area contributed by atoms with Crippen LogP contribution in [0.2, 0.25) is 0 Å². The number of piperidine rings is 1. The molecule has 4 nitrogen and oxygen atoms in total. The van der Waals surface area contributed by atoms with E-state index in [-0.39, 0.29) is 0 Å². The summed E-state index contributed by atoms with van der Waals surface area (Å²) in [4.78, 5) is 12.3. The van der Waals surface area contributed by atoms with E-state index >= 15 is 0 Å². The molecule has 0 saturated carbocycles. The molecular formula is C19H22N4S. The van der Waals surface area contributed by atoms with Gasteiger partial charge < -0.3 is 5.32 Å². The number of rotatable bonds is 5. The third-order valence-electron chi connectivity index (χ3n) is 4.67. The Kier molecular flexibility index (Phi) is 4.71. The average Bonchev–Trinajstić information content (AvgIpc) is 3.11. The number of hydrogen-bond donors (Lipinski definition) is 1. The molecule has 0 aliphatic carbocycles. The van der Waals surface area contributed by atoms with Gasteiger partial charge in [-0.15, -0.1) is 11.3 Å². The van der Waals surface area contributed by atoms with Crippen LogP contribution in [0.15, 0.2) is 42.0 Å². The van der Waals surface area contributed by atoms with Gasteiger partial charge in [0.2, 0.25) is 0 Å². The van der Waals surface area contributed by atoms with Gasteiger partial charge in [-0.05, 0) is 48.5 Å². The molecule has 5 heteroatoms. The molecule has 24 heavy (non-hydrogen) atoms. The molecule has 3 heterocycles. The third-order valence-corrected chi connectivity index (χ3v) is 5.49. The molecule has 0 atom stereocenters. The molecular weight excluding hydrogens is 316 g/mol. The number of likely N-dealkylation sites (tertiary alicyclic amines) is 1. The van der Waals surface area contributed by atoms with E-state index < -0.39 is 0 Å². The van der Waals surface area contributed by atoms with Crippen molar-refractivity contribution in [1.82, 2.24) is 14.9 Å². The van der Waals surface area contributed by atoms with Crippen molar-refractivity contribution in [2.45, 2.75) is 32.4 Å². The number of thiophene rings is 1. The number of benzene rings is 1. The third kappa shape index (κ3) is 3.42. The lowest BCUT2D eigenvalue weighted by atomic mass is 10.0. The SMILES string of the molecule is c1ccc(CN2CCCCC2)c(CNc2ncnc3sccc23)c1. The Bertz CT molecular complexity index is 808. The lowest BCUT2D eigenvalue weighted by molar-refractivity contribution is 0.220. The van der Waals surface area contributed by atoms with Gasteiger partial charge in [-0.2, -0.15) is 0 Å². The number of anilines is 1. The molecule has 3 aromatic rings. The minimum atomic E-state index is 0.798. The first kappa shape index (κ1) is 15.5. The van der Waals surface area contributed by atoms with Crippen LogP contribution in [0.4, 0.5) is 5.82 Å². The van der Waals surface area contributed by atoms with Gasteiger partial charge in [-0.1, -0.05) is 30.7 Å². The van der Waals surface area contributed by atoms with Gasteiger partial charge in [-0.25, -0.2) is 9.97 Å². The summed E-state index contributed by atoms with van der Waals surface area (Å²) < 4.78 is 0. The lowest BCUT2D eigenvalue weighted by Gasteiger charge is -2.27. The average molecular weight is 338 g/mol. The van der Waals surface area contributed by atoms with Crippen LogP contribution in [0.5, 0.6) is 0 Å². The maximum absolute atomic E-state index is 4.41. The van der Waals surface area contributed by atoms with Crippen LogP contribution in [-0.2, 0) is 13.1 Å². The summed E-state index contributed by atoms with van der Waals surface area (Å²) in [5.74, 6) is 0.925.